The number of methoxy groups -OCH3 is 1. The Bertz CT molecular complexity index is 1370. The maximum absolute atomic E-state index is 15.5. The Labute approximate surface area is 200 Å². The first-order valence-electron chi connectivity index (χ1n) is 10.5. The van der Waals surface area contributed by atoms with Crippen LogP contribution >= 0.6 is 11.6 Å². The SMILES string of the molecule is COc1cc(Cl)ccc1C(O)CCNC(=O)c1c(C)ccc(-c2ccn3nc(N)nc3c2)c1F. The van der Waals surface area contributed by atoms with Gasteiger partial charge in [0, 0.05) is 28.9 Å². The van der Waals surface area contributed by atoms with Gasteiger partial charge < -0.3 is 20.9 Å². The molecule has 0 aliphatic carbocycles. The number of hydrogen-bond donors (Lipinski definition) is 3. The van der Waals surface area contributed by atoms with E-state index in [9.17, 15) is 9.90 Å². The molecule has 0 radical (unpaired) electrons. The molecule has 8 nitrogen and oxygen atoms in total. The summed E-state index contributed by atoms with van der Waals surface area (Å²) >= 11 is 5.96. The van der Waals surface area contributed by atoms with Crippen molar-refractivity contribution in [2.75, 3.05) is 19.4 Å². The van der Waals surface area contributed by atoms with Crippen molar-refractivity contribution in [2.45, 2.75) is 19.4 Å². The molecule has 4 rings (SSSR count). The molecule has 2 aromatic heterocycles. The van der Waals surface area contributed by atoms with Gasteiger partial charge in [-0.2, -0.15) is 4.98 Å². The fourth-order valence-corrected chi connectivity index (χ4v) is 3.93. The molecule has 1 unspecified atom stereocenters. The minimum atomic E-state index is -0.896. The number of nitrogen functional groups attached to an aromatic ring is 1. The largest absolute Gasteiger partial charge is 0.496 e. The first-order chi connectivity index (χ1) is 16.3. The van der Waals surface area contributed by atoms with Gasteiger partial charge in [0.2, 0.25) is 5.95 Å². The Morgan fingerprint density at radius 1 is 1.29 bits per heavy atom. The van der Waals surface area contributed by atoms with E-state index in [4.69, 9.17) is 22.1 Å². The number of pyridine rings is 1. The topological polar surface area (TPSA) is 115 Å². The van der Waals surface area contributed by atoms with E-state index in [0.29, 0.717) is 33.1 Å². The highest BCUT2D eigenvalue weighted by atomic mass is 35.5. The fourth-order valence-electron chi connectivity index (χ4n) is 3.77. The van der Waals surface area contributed by atoms with Crippen molar-refractivity contribution in [1.29, 1.82) is 0 Å². The summed E-state index contributed by atoms with van der Waals surface area (Å²) in [6.45, 7) is 1.79. The lowest BCUT2D eigenvalue weighted by atomic mass is 9.98. The van der Waals surface area contributed by atoms with Crippen molar-refractivity contribution in [3.05, 3.63) is 76.2 Å². The summed E-state index contributed by atoms with van der Waals surface area (Å²) in [6.07, 6.45) is 0.932. The number of aryl methyl sites for hydroxylation is 1. The van der Waals surface area contributed by atoms with Gasteiger partial charge in [-0.1, -0.05) is 29.8 Å². The standard InChI is InChI=1S/C24H23ClFN5O3/c1-13-3-5-16(14-8-10-31-20(11-14)29-24(27)30-31)22(26)21(13)23(33)28-9-7-18(32)17-6-4-15(25)12-19(17)34-2/h3-6,8,10-12,18,32H,7,9H2,1-2H3,(H2,27,30)(H,28,33). The maximum atomic E-state index is 15.5. The van der Waals surface area contributed by atoms with E-state index in [1.807, 2.05) is 0 Å². The zero-order valence-electron chi connectivity index (χ0n) is 18.5. The molecule has 0 fully saturated rings. The van der Waals surface area contributed by atoms with Crippen LogP contribution < -0.4 is 15.8 Å². The Hall–Kier alpha value is -3.69. The van der Waals surface area contributed by atoms with E-state index in [1.165, 1.54) is 11.6 Å². The number of anilines is 1. The molecular formula is C24H23ClFN5O3. The summed E-state index contributed by atoms with van der Waals surface area (Å²) < 4.78 is 22.2. The molecular weight excluding hydrogens is 461 g/mol. The third-order valence-corrected chi connectivity index (χ3v) is 5.74. The number of aliphatic hydroxyl groups excluding tert-OH is 1. The van der Waals surface area contributed by atoms with E-state index in [-0.39, 0.29) is 30.0 Å². The Balaban J connectivity index is 1.51. The number of benzene rings is 2. The van der Waals surface area contributed by atoms with Crippen LogP contribution in [0.25, 0.3) is 16.8 Å². The molecule has 34 heavy (non-hydrogen) atoms. The third-order valence-electron chi connectivity index (χ3n) is 5.50. The average Bonchev–Trinajstić information content (AvgIpc) is 3.18. The van der Waals surface area contributed by atoms with Gasteiger partial charge in [-0.3, -0.25) is 4.79 Å². The van der Waals surface area contributed by atoms with Crippen molar-refractivity contribution in [1.82, 2.24) is 19.9 Å². The fraction of sp³-hybridized carbons (Fsp3) is 0.208. The molecule has 4 N–H and O–H groups in total. The zero-order valence-corrected chi connectivity index (χ0v) is 19.3. The van der Waals surface area contributed by atoms with Gasteiger partial charge in [-0.15, -0.1) is 5.10 Å². The highest BCUT2D eigenvalue weighted by Crippen LogP contribution is 2.30. The number of amides is 1. The van der Waals surface area contributed by atoms with Crippen LogP contribution in [0, 0.1) is 12.7 Å². The van der Waals surface area contributed by atoms with Crippen LogP contribution in [0.5, 0.6) is 5.75 Å². The molecule has 1 amide bonds. The van der Waals surface area contributed by atoms with E-state index in [0.717, 1.165) is 0 Å². The van der Waals surface area contributed by atoms with Crippen LogP contribution in [0.15, 0.2) is 48.7 Å². The number of nitrogens with one attached hydrogen (secondary N) is 1. The van der Waals surface area contributed by atoms with Crippen molar-refractivity contribution in [3.63, 3.8) is 0 Å². The number of carbonyl (C=O) groups is 1. The summed E-state index contributed by atoms with van der Waals surface area (Å²) in [6, 6.07) is 11.5. The summed E-state index contributed by atoms with van der Waals surface area (Å²) in [7, 11) is 1.48. The van der Waals surface area contributed by atoms with Gasteiger partial charge in [0.15, 0.2) is 5.65 Å². The van der Waals surface area contributed by atoms with Crippen LogP contribution in [-0.4, -0.2) is 39.3 Å². The summed E-state index contributed by atoms with van der Waals surface area (Å²) in [4.78, 5) is 16.9. The van der Waals surface area contributed by atoms with Gasteiger partial charge in [0.25, 0.3) is 5.91 Å². The van der Waals surface area contributed by atoms with Gasteiger partial charge in [-0.05, 0) is 48.7 Å². The lowest BCUT2D eigenvalue weighted by Gasteiger charge is -2.16. The molecule has 4 aromatic rings. The monoisotopic (exact) mass is 483 g/mol. The molecule has 0 aliphatic heterocycles. The molecule has 176 valence electrons. The minimum Gasteiger partial charge on any atom is -0.496 e. The highest BCUT2D eigenvalue weighted by Gasteiger charge is 2.20. The number of nitrogens with zero attached hydrogens (tertiary/aromatic N) is 3. The Morgan fingerprint density at radius 3 is 2.85 bits per heavy atom. The van der Waals surface area contributed by atoms with Crippen molar-refractivity contribution in [3.8, 4) is 16.9 Å². The summed E-state index contributed by atoms with van der Waals surface area (Å²) in [5, 5.41) is 17.7. The first-order valence-corrected chi connectivity index (χ1v) is 10.9. The smallest absolute Gasteiger partial charge is 0.254 e. The number of carbonyl (C=O) groups excluding carboxylic acids is 1. The third kappa shape index (κ3) is 4.66. The molecule has 1 atom stereocenters. The normalized spacial score (nSPS) is 12.0. The lowest BCUT2D eigenvalue weighted by Crippen LogP contribution is -2.27. The number of fused-ring (bicyclic) bond motifs is 1. The number of rotatable bonds is 7. The number of hydrogen-bond acceptors (Lipinski definition) is 6. The van der Waals surface area contributed by atoms with Gasteiger partial charge in [-0.25, -0.2) is 8.91 Å². The van der Waals surface area contributed by atoms with Gasteiger partial charge in [0.1, 0.15) is 11.6 Å². The van der Waals surface area contributed by atoms with E-state index < -0.39 is 17.8 Å². The predicted octanol–water partition coefficient (Wildman–Crippen LogP) is 3.94. The molecule has 0 saturated heterocycles. The second kappa shape index (κ2) is 9.66. The van der Waals surface area contributed by atoms with Crippen LogP contribution in [-0.2, 0) is 0 Å². The van der Waals surface area contributed by atoms with Crippen molar-refractivity contribution < 1.29 is 19.0 Å². The minimum absolute atomic E-state index is 0.0584. The Kier molecular flexibility index (Phi) is 6.67. The molecule has 0 bridgehead atoms. The molecule has 10 heteroatoms. The Morgan fingerprint density at radius 2 is 2.09 bits per heavy atom. The second-order valence-electron chi connectivity index (χ2n) is 7.75. The van der Waals surface area contributed by atoms with E-state index >= 15 is 4.39 Å². The molecule has 0 aliphatic rings. The van der Waals surface area contributed by atoms with E-state index in [1.54, 1.807) is 55.6 Å². The first kappa shape index (κ1) is 23.5. The van der Waals surface area contributed by atoms with Crippen LogP contribution in [0.4, 0.5) is 10.3 Å². The number of ether oxygens (including phenoxy) is 1. The number of aromatic nitrogens is 3. The van der Waals surface area contributed by atoms with Crippen molar-refractivity contribution in [2.24, 2.45) is 0 Å². The molecule has 0 saturated carbocycles. The maximum Gasteiger partial charge on any atom is 0.254 e. The van der Waals surface area contributed by atoms with Crippen LogP contribution in [0.1, 0.15) is 34.0 Å². The molecule has 2 heterocycles. The summed E-state index contributed by atoms with van der Waals surface area (Å²) in [5.74, 6) is -0.651. The number of aliphatic hydroxyl groups is 1. The number of nitrogens with two attached hydrogens (primary N) is 1. The van der Waals surface area contributed by atoms with Crippen LogP contribution in [0.3, 0.4) is 0 Å². The predicted molar refractivity (Wildman–Crippen MR) is 127 cm³/mol. The van der Waals surface area contributed by atoms with Gasteiger partial charge in [0.05, 0.1) is 18.8 Å². The van der Waals surface area contributed by atoms with Crippen LogP contribution in [0.2, 0.25) is 5.02 Å². The molecule has 0 spiro atoms. The number of halogens is 2. The van der Waals surface area contributed by atoms with Gasteiger partial charge >= 0.3 is 0 Å². The molecule has 2 aromatic carbocycles. The van der Waals surface area contributed by atoms with E-state index in [2.05, 4.69) is 15.4 Å². The quantitative estimate of drug-likeness (QED) is 0.367. The summed E-state index contributed by atoms with van der Waals surface area (Å²) in [5.41, 5.74) is 7.86. The lowest BCUT2D eigenvalue weighted by molar-refractivity contribution is 0.0937. The second-order valence-corrected chi connectivity index (χ2v) is 8.19. The average molecular weight is 484 g/mol. The van der Waals surface area contributed by atoms with Crippen molar-refractivity contribution >= 4 is 29.1 Å². The highest BCUT2D eigenvalue weighted by molar-refractivity contribution is 6.30. The zero-order chi connectivity index (χ0) is 24.4.